The van der Waals surface area contributed by atoms with Crippen LogP contribution >= 0.6 is 0 Å². The minimum absolute atomic E-state index is 0.150. The molecule has 0 saturated heterocycles. The van der Waals surface area contributed by atoms with Gasteiger partial charge in [0.2, 0.25) is 11.7 Å². The van der Waals surface area contributed by atoms with Crippen molar-refractivity contribution in [2.24, 2.45) is 0 Å². The number of nitrogens with one attached hydrogen (secondary N) is 1. The van der Waals surface area contributed by atoms with E-state index in [1.807, 2.05) is 0 Å². The molecule has 24 heavy (non-hydrogen) atoms. The number of rotatable bonds is 4. The Bertz CT molecular complexity index is 868. The highest BCUT2D eigenvalue weighted by Crippen LogP contribution is 2.28. The second-order valence-electron chi connectivity index (χ2n) is 5.01. The third-order valence-electron chi connectivity index (χ3n) is 3.29. The zero-order valence-electron chi connectivity index (χ0n) is 12.4. The van der Waals surface area contributed by atoms with Gasteiger partial charge in [-0.05, 0) is 23.8 Å². The number of carboxylic acid groups (broad SMARTS) is 1. The Kier molecular flexibility index (Phi) is 4.03. The number of benzene rings is 2. The van der Waals surface area contributed by atoms with Gasteiger partial charge in [0.15, 0.2) is 11.3 Å². The molecular formula is C18H12NO5-. The van der Waals surface area contributed by atoms with Crippen LogP contribution in [0.15, 0.2) is 71.8 Å². The maximum absolute atomic E-state index is 12.3. The molecule has 1 aliphatic rings. The first-order valence-corrected chi connectivity index (χ1v) is 7.05. The van der Waals surface area contributed by atoms with E-state index in [2.05, 4.69) is 5.32 Å². The van der Waals surface area contributed by atoms with Gasteiger partial charge in [0, 0.05) is 5.69 Å². The monoisotopic (exact) mass is 322 g/mol. The molecule has 0 spiro atoms. The van der Waals surface area contributed by atoms with Crippen LogP contribution in [0.3, 0.4) is 0 Å². The zero-order chi connectivity index (χ0) is 17.1. The smallest absolute Gasteiger partial charge is 0.345 e. The van der Waals surface area contributed by atoms with Crippen molar-refractivity contribution >= 4 is 23.5 Å². The summed E-state index contributed by atoms with van der Waals surface area (Å²) in [6.45, 7) is 0. The number of carbonyl (C=O) groups excluding carboxylic acids is 1. The molecule has 0 saturated carbocycles. The summed E-state index contributed by atoms with van der Waals surface area (Å²) in [5.41, 5.74) is 0.557. The number of hydrogen-bond donors (Lipinski definition) is 2. The van der Waals surface area contributed by atoms with Crippen molar-refractivity contribution < 1.29 is 24.5 Å². The number of carbonyl (C=O) groups is 2. The molecule has 0 radical (unpaired) electrons. The lowest BCUT2D eigenvalue weighted by atomic mass is 10.1. The molecule has 0 fully saturated rings. The minimum atomic E-state index is -1.39. The third-order valence-corrected chi connectivity index (χ3v) is 3.29. The summed E-state index contributed by atoms with van der Waals surface area (Å²) in [4.78, 5) is 23.7. The second-order valence-corrected chi connectivity index (χ2v) is 5.01. The molecule has 0 aliphatic carbocycles. The molecule has 3 rings (SSSR count). The van der Waals surface area contributed by atoms with Crippen LogP contribution in [0.5, 0.6) is 5.75 Å². The molecule has 2 aromatic rings. The van der Waals surface area contributed by atoms with Crippen molar-refractivity contribution in [2.75, 3.05) is 5.32 Å². The van der Waals surface area contributed by atoms with E-state index < -0.39 is 17.3 Å². The Labute approximate surface area is 137 Å². The van der Waals surface area contributed by atoms with E-state index in [0.29, 0.717) is 11.3 Å². The van der Waals surface area contributed by atoms with E-state index >= 15 is 0 Å². The SMILES string of the molecule is O=C(O)C1=C(Nc2ccccc2)O/C(=C\c2cccc([O-])c2)C1=O. The third kappa shape index (κ3) is 3.12. The van der Waals surface area contributed by atoms with Crippen LogP contribution in [-0.2, 0) is 14.3 Å². The first kappa shape index (κ1) is 15.4. The number of para-hydroxylation sites is 1. The quantitative estimate of drug-likeness (QED) is 0.661. The van der Waals surface area contributed by atoms with Gasteiger partial charge in [-0.2, -0.15) is 0 Å². The highest BCUT2D eigenvalue weighted by molar-refractivity contribution is 6.26. The molecule has 6 nitrogen and oxygen atoms in total. The molecule has 0 atom stereocenters. The van der Waals surface area contributed by atoms with E-state index in [0.717, 1.165) is 0 Å². The fourth-order valence-corrected chi connectivity index (χ4v) is 2.22. The lowest BCUT2D eigenvalue weighted by Crippen LogP contribution is -2.12. The van der Waals surface area contributed by atoms with Crippen molar-refractivity contribution in [1.82, 2.24) is 0 Å². The molecule has 2 N–H and O–H groups in total. The molecule has 0 aromatic heterocycles. The first-order valence-electron chi connectivity index (χ1n) is 7.05. The minimum Gasteiger partial charge on any atom is -0.872 e. The van der Waals surface area contributed by atoms with Gasteiger partial charge in [0.1, 0.15) is 0 Å². The van der Waals surface area contributed by atoms with Gasteiger partial charge in [-0.15, -0.1) is 5.75 Å². The average Bonchev–Trinajstić information content (AvgIpc) is 2.84. The van der Waals surface area contributed by atoms with Crippen LogP contribution in [-0.4, -0.2) is 16.9 Å². The zero-order valence-corrected chi connectivity index (χ0v) is 12.4. The summed E-state index contributed by atoms with van der Waals surface area (Å²) in [7, 11) is 0. The fraction of sp³-hybridized carbons (Fsp3) is 0. The average molecular weight is 322 g/mol. The number of ketones is 1. The Hall–Kier alpha value is -3.54. The molecule has 1 heterocycles. The first-order chi connectivity index (χ1) is 11.5. The van der Waals surface area contributed by atoms with E-state index in [1.165, 1.54) is 18.2 Å². The van der Waals surface area contributed by atoms with Gasteiger partial charge < -0.3 is 20.3 Å². The predicted molar refractivity (Wildman–Crippen MR) is 84.7 cm³/mol. The van der Waals surface area contributed by atoms with Gasteiger partial charge in [-0.3, -0.25) is 4.79 Å². The van der Waals surface area contributed by atoms with Gasteiger partial charge in [0.05, 0.1) is 0 Å². The summed E-state index contributed by atoms with van der Waals surface area (Å²) in [5.74, 6) is -2.67. The molecular weight excluding hydrogens is 310 g/mol. The lowest BCUT2D eigenvalue weighted by Gasteiger charge is -2.08. The van der Waals surface area contributed by atoms with Crippen molar-refractivity contribution in [2.45, 2.75) is 0 Å². The van der Waals surface area contributed by atoms with E-state index in [4.69, 9.17) is 4.74 Å². The molecule has 0 unspecified atom stereocenters. The summed E-state index contributed by atoms with van der Waals surface area (Å²) >= 11 is 0. The van der Waals surface area contributed by atoms with Crippen LogP contribution in [0.1, 0.15) is 5.56 Å². The van der Waals surface area contributed by atoms with Gasteiger partial charge in [-0.1, -0.05) is 42.5 Å². The highest BCUT2D eigenvalue weighted by Gasteiger charge is 2.35. The van der Waals surface area contributed by atoms with Crippen LogP contribution in [0, 0.1) is 0 Å². The summed E-state index contributed by atoms with van der Waals surface area (Å²) < 4.78 is 5.39. The van der Waals surface area contributed by atoms with Crippen LogP contribution in [0.25, 0.3) is 6.08 Å². The second kappa shape index (κ2) is 6.29. The van der Waals surface area contributed by atoms with Gasteiger partial charge >= 0.3 is 5.97 Å². The maximum Gasteiger partial charge on any atom is 0.345 e. The van der Waals surface area contributed by atoms with E-state index in [9.17, 15) is 19.8 Å². The topological polar surface area (TPSA) is 98.7 Å². The maximum atomic E-state index is 12.3. The Morgan fingerprint density at radius 2 is 1.88 bits per heavy atom. The molecule has 2 aromatic carbocycles. The Balaban J connectivity index is 1.93. The number of hydrogen-bond acceptors (Lipinski definition) is 5. The number of carboxylic acids is 1. The summed E-state index contributed by atoms with van der Waals surface area (Å²) in [5, 5.41) is 23.4. The molecule has 1 aliphatic heterocycles. The lowest BCUT2D eigenvalue weighted by molar-refractivity contribution is -0.268. The summed E-state index contributed by atoms with van der Waals surface area (Å²) in [6, 6.07) is 14.6. The van der Waals surface area contributed by atoms with Crippen LogP contribution < -0.4 is 10.4 Å². The van der Waals surface area contributed by atoms with Crippen molar-refractivity contribution in [3.8, 4) is 5.75 Å². The summed E-state index contributed by atoms with van der Waals surface area (Å²) in [6.07, 6.45) is 1.34. The van der Waals surface area contributed by atoms with Crippen molar-refractivity contribution in [3.63, 3.8) is 0 Å². The van der Waals surface area contributed by atoms with Crippen LogP contribution in [0.2, 0.25) is 0 Å². The number of allylic oxidation sites excluding steroid dienone is 1. The number of anilines is 1. The standard InChI is InChI=1S/C18H13NO5/c20-13-8-4-5-11(9-13)10-14-16(21)15(18(22)23)17(24-14)19-12-6-2-1-3-7-12/h1-10,19-20H,(H,22,23)/p-1/b14-10-. The molecule has 0 amide bonds. The number of ether oxygens (including phenoxy) is 1. The van der Waals surface area contributed by atoms with E-state index in [1.54, 1.807) is 42.5 Å². The predicted octanol–water partition coefficient (Wildman–Crippen LogP) is 2.11. The van der Waals surface area contributed by atoms with Gasteiger partial charge in [0.25, 0.3) is 0 Å². The fourth-order valence-electron chi connectivity index (χ4n) is 2.22. The Morgan fingerprint density at radius 1 is 1.12 bits per heavy atom. The van der Waals surface area contributed by atoms with E-state index in [-0.39, 0.29) is 17.4 Å². The molecule has 0 bridgehead atoms. The molecule has 6 heteroatoms. The van der Waals surface area contributed by atoms with Gasteiger partial charge in [-0.25, -0.2) is 4.79 Å². The highest BCUT2D eigenvalue weighted by atomic mass is 16.5. The normalized spacial score (nSPS) is 15.5. The number of Topliss-reactive ketones (excluding diaryl/α,β-unsaturated/α-hetero) is 1. The Morgan fingerprint density at radius 3 is 2.54 bits per heavy atom. The number of aliphatic carboxylic acids is 1. The van der Waals surface area contributed by atoms with Crippen LogP contribution in [0.4, 0.5) is 5.69 Å². The van der Waals surface area contributed by atoms with Crippen molar-refractivity contribution in [1.29, 1.82) is 0 Å². The van der Waals surface area contributed by atoms with Crippen molar-refractivity contribution in [3.05, 3.63) is 77.4 Å². The largest absolute Gasteiger partial charge is 0.872 e. The molecule has 120 valence electrons.